The molecule has 3 rings (SSSR count). The molecule has 0 amide bonds. The van der Waals surface area contributed by atoms with Crippen LogP contribution in [0.3, 0.4) is 0 Å². The predicted octanol–water partition coefficient (Wildman–Crippen LogP) is 2.22. The number of hydrogen-bond donors (Lipinski definition) is 0. The Morgan fingerprint density at radius 3 is 2.04 bits per heavy atom. The molecule has 1 aromatic heterocycles. The number of nitrogens with zero attached hydrogens (tertiary/aromatic N) is 3. The summed E-state index contributed by atoms with van der Waals surface area (Å²) >= 11 is 0. The van der Waals surface area contributed by atoms with Gasteiger partial charge in [-0.1, -0.05) is 36.3 Å². The fraction of sp³-hybridized carbons (Fsp3) is 0.182. The average molecular weight is 359 g/mol. The Balaban J connectivity index is 2.25. The third kappa shape index (κ3) is 3.56. The molecule has 0 aliphatic heterocycles. The number of aromatic nitrogens is 2. The van der Waals surface area contributed by atoms with E-state index in [-0.39, 0.29) is 5.56 Å². The smallest absolute Gasteiger partial charge is 0.331 e. The Bertz CT molecular complexity index is 1140. The third-order valence-corrected chi connectivity index (χ3v) is 4.44. The van der Waals surface area contributed by atoms with Crippen LogP contribution in [0.1, 0.15) is 11.3 Å². The van der Waals surface area contributed by atoms with E-state index in [0.29, 0.717) is 11.3 Å². The topological polar surface area (TPSA) is 47.2 Å². The van der Waals surface area contributed by atoms with E-state index >= 15 is 0 Å². The van der Waals surface area contributed by atoms with Crippen LogP contribution >= 0.6 is 0 Å². The first-order valence-corrected chi connectivity index (χ1v) is 8.55. The van der Waals surface area contributed by atoms with Crippen molar-refractivity contribution in [3.05, 3.63) is 86.7 Å². The molecule has 1 heterocycles. The highest BCUT2D eigenvalue weighted by Crippen LogP contribution is 2.22. The normalized spacial score (nSPS) is 10.2. The second kappa shape index (κ2) is 7.38. The fourth-order valence-corrected chi connectivity index (χ4v) is 2.83. The number of benzene rings is 2. The summed E-state index contributed by atoms with van der Waals surface area (Å²) in [7, 11) is 7.03. The van der Waals surface area contributed by atoms with Gasteiger partial charge in [0.05, 0.1) is 5.56 Å². The van der Waals surface area contributed by atoms with Crippen molar-refractivity contribution in [2.24, 2.45) is 14.1 Å². The largest absolute Gasteiger partial charge is 0.378 e. The lowest BCUT2D eigenvalue weighted by molar-refractivity contribution is 0.682. The Kier molecular flexibility index (Phi) is 5.00. The molecule has 0 fully saturated rings. The minimum Gasteiger partial charge on any atom is -0.378 e. The molecular weight excluding hydrogens is 338 g/mol. The summed E-state index contributed by atoms with van der Waals surface area (Å²) in [6.45, 7) is 0. The standard InChI is InChI=1S/C22H21N3O2/c1-23(2)18-13-11-17(12-14-18)20-19(15-10-16-8-6-5-7-9-16)24(3)22(27)25(4)21(20)26/h5-9,11-14H,1-4H3. The Hall–Kier alpha value is -3.52. The Labute approximate surface area is 158 Å². The molecule has 0 saturated carbocycles. The summed E-state index contributed by atoms with van der Waals surface area (Å²) in [5, 5.41) is 0. The molecule has 0 unspecified atom stereocenters. The lowest BCUT2D eigenvalue weighted by Gasteiger charge is -2.14. The summed E-state index contributed by atoms with van der Waals surface area (Å²) < 4.78 is 2.54. The highest BCUT2D eigenvalue weighted by atomic mass is 16.2. The van der Waals surface area contributed by atoms with Crippen molar-refractivity contribution in [1.82, 2.24) is 9.13 Å². The van der Waals surface area contributed by atoms with Gasteiger partial charge in [0.1, 0.15) is 5.69 Å². The van der Waals surface area contributed by atoms with Crippen LogP contribution in [-0.4, -0.2) is 23.2 Å². The van der Waals surface area contributed by atoms with Gasteiger partial charge in [0.25, 0.3) is 5.56 Å². The molecule has 0 aliphatic carbocycles. The minimum atomic E-state index is -0.397. The van der Waals surface area contributed by atoms with Crippen LogP contribution in [0, 0.1) is 11.8 Å². The highest BCUT2D eigenvalue weighted by molar-refractivity contribution is 5.71. The zero-order valence-electron chi connectivity index (χ0n) is 15.9. The van der Waals surface area contributed by atoms with Crippen molar-refractivity contribution in [3.8, 4) is 23.0 Å². The molecule has 5 heteroatoms. The van der Waals surface area contributed by atoms with Gasteiger partial charge >= 0.3 is 5.69 Å². The summed E-state index contributed by atoms with van der Waals surface area (Å²) in [6.07, 6.45) is 0. The van der Waals surface area contributed by atoms with Crippen LogP contribution < -0.4 is 16.1 Å². The quantitative estimate of drug-likeness (QED) is 0.659. The van der Waals surface area contributed by atoms with Gasteiger partial charge in [-0.3, -0.25) is 13.9 Å². The zero-order valence-corrected chi connectivity index (χ0v) is 15.9. The van der Waals surface area contributed by atoms with Crippen molar-refractivity contribution < 1.29 is 0 Å². The molecule has 0 N–H and O–H groups in total. The van der Waals surface area contributed by atoms with Crippen LogP contribution in [-0.2, 0) is 14.1 Å². The summed E-state index contributed by atoms with van der Waals surface area (Å²) in [4.78, 5) is 27.2. The van der Waals surface area contributed by atoms with Crippen LogP contribution in [0.15, 0.2) is 64.2 Å². The van der Waals surface area contributed by atoms with Crippen LogP contribution in [0.25, 0.3) is 11.1 Å². The molecule has 0 aliphatic rings. The molecule has 0 spiro atoms. The molecule has 0 saturated heterocycles. The minimum absolute atomic E-state index is 0.354. The maximum Gasteiger partial charge on any atom is 0.331 e. The SMILES string of the molecule is CN(C)c1ccc(-c2c(C#Cc3ccccc3)n(C)c(=O)n(C)c2=O)cc1. The van der Waals surface area contributed by atoms with E-state index in [1.54, 1.807) is 7.05 Å². The summed E-state index contributed by atoms with van der Waals surface area (Å²) in [5.74, 6) is 6.08. The van der Waals surface area contributed by atoms with E-state index < -0.39 is 5.69 Å². The molecule has 0 radical (unpaired) electrons. The number of anilines is 1. The monoisotopic (exact) mass is 359 g/mol. The van der Waals surface area contributed by atoms with E-state index in [1.165, 1.54) is 11.6 Å². The Morgan fingerprint density at radius 2 is 1.44 bits per heavy atom. The van der Waals surface area contributed by atoms with E-state index in [4.69, 9.17) is 0 Å². The predicted molar refractivity (Wildman–Crippen MR) is 109 cm³/mol. The number of rotatable bonds is 2. The van der Waals surface area contributed by atoms with Gasteiger partial charge in [0, 0.05) is 39.4 Å². The molecule has 2 aromatic carbocycles. The van der Waals surface area contributed by atoms with Gasteiger partial charge in [0.15, 0.2) is 0 Å². The fourth-order valence-electron chi connectivity index (χ4n) is 2.83. The first-order chi connectivity index (χ1) is 12.9. The molecule has 27 heavy (non-hydrogen) atoms. The number of hydrogen-bond acceptors (Lipinski definition) is 3. The van der Waals surface area contributed by atoms with Crippen molar-refractivity contribution >= 4 is 5.69 Å². The molecule has 0 atom stereocenters. The molecule has 0 bridgehead atoms. The van der Waals surface area contributed by atoms with E-state index in [2.05, 4.69) is 11.8 Å². The average Bonchev–Trinajstić information content (AvgIpc) is 2.69. The molecule has 5 nitrogen and oxygen atoms in total. The Morgan fingerprint density at radius 1 is 0.815 bits per heavy atom. The van der Waals surface area contributed by atoms with Gasteiger partial charge < -0.3 is 4.90 Å². The lowest BCUT2D eigenvalue weighted by Crippen LogP contribution is -2.39. The van der Waals surface area contributed by atoms with Crippen LogP contribution in [0.4, 0.5) is 5.69 Å². The van der Waals surface area contributed by atoms with Gasteiger partial charge in [0.2, 0.25) is 0 Å². The van der Waals surface area contributed by atoms with E-state index in [9.17, 15) is 9.59 Å². The van der Waals surface area contributed by atoms with Crippen molar-refractivity contribution in [2.45, 2.75) is 0 Å². The van der Waals surface area contributed by atoms with Gasteiger partial charge in [-0.05, 0) is 35.7 Å². The van der Waals surface area contributed by atoms with Crippen LogP contribution in [0.2, 0.25) is 0 Å². The van der Waals surface area contributed by atoms with Crippen molar-refractivity contribution in [3.63, 3.8) is 0 Å². The first-order valence-electron chi connectivity index (χ1n) is 8.55. The second-order valence-electron chi connectivity index (χ2n) is 6.49. The van der Waals surface area contributed by atoms with Gasteiger partial charge in [-0.2, -0.15) is 0 Å². The van der Waals surface area contributed by atoms with Crippen LogP contribution in [0.5, 0.6) is 0 Å². The zero-order chi connectivity index (χ0) is 19.6. The van der Waals surface area contributed by atoms with Gasteiger partial charge in [-0.25, -0.2) is 4.79 Å². The van der Waals surface area contributed by atoms with E-state index in [1.807, 2.05) is 73.6 Å². The third-order valence-electron chi connectivity index (χ3n) is 4.44. The van der Waals surface area contributed by atoms with E-state index in [0.717, 1.165) is 21.4 Å². The van der Waals surface area contributed by atoms with Gasteiger partial charge in [-0.15, -0.1) is 0 Å². The molecule has 3 aromatic rings. The lowest BCUT2D eigenvalue weighted by atomic mass is 10.0. The maximum absolute atomic E-state index is 12.9. The summed E-state index contributed by atoms with van der Waals surface area (Å²) in [6, 6.07) is 17.1. The molecule has 136 valence electrons. The maximum atomic E-state index is 12.9. The molecular formula is C22H21N3O2. The van der Waals surface area contributed by atoms with Crippen molar-refractivity contribution in [1.29, 1.82) is 0 Å². The van der Waals surface area contributed by atoms with Crippen molar-refractivity contribution in [2.75, 3.05) is 19.0 Å². The highest BCUT2D eigenvalue weighted by Gasteiger charge is 2.16. The first kappa shape index (κ1) is 18.3. The second-order valence-corrected chi connectivity index (χ2v) is 6.49. The summed E-state index contributed by atoms with van der Waals surface area (Å²) in [5.41, 5.74) is 2.66.